The third-order valence-electron chi connectivity index (χ3n) is 4.87. The number of hydrogen-bond donors (Lipinski definition) is 1. The maximum absolute atomic E-state index is 12.4. The van der Waals surface area contributed by atoms with E-state index in [0.29, 0.717) is 11.1 Å². The van der Waals surface area contributed by atoms with E-state index in [2.05, 4.69) is 17.4 Å². The van der Waals surface area contributed by atoms with Gasteiger partial charge in [-0.25, -0.2) is 4.79 Å². The number of rotatable bonds is 9. The Kier molecular flexibility index (Phi) is 7.71. The summed E-state index contributed by atoms with van der Waals surface area (Å²) in [5.74, 6) is -1.07. The molecule has 3 aromatic carbocycles. The van der Waals surface area contributed by atoms with Crippen LogP contribution in [0.4, 0.5) is 0 Å². The lowest BCUT2D eigenvalue weighted by molar-refractivity contribution is -0.124. The number of benzene rings is 3. The van der Waals surface area contributed by atoms with E-state index in [1.54, 1.807) is 36.4 Å². The van der Waals surface area contributed by atoms with Gasteiger partial charge in [0.05, 0.1) is 5.56 Å². The maximum Gasteiger partial charge on any atom is 0.338 e. The van der Waals surface area contributed by atoms with Crippen molar-refractivity contribution in [3.8, 4) is 0 Å². The number of amides is 1. The van der Waals surface area contributed by atoms with Gasteiger partial charge < -0.3 is 10.1 Å². The highest BCUT2D eigenvalue weighted by atomic mass is 16.5. The molecule has 3 aromatic rings. The summed E-state index contributed by atoms with van der Waals surface area (Å²) in [5, 5.41) is 2.84. The molecule has 0 aromatic heterocycles. The Labute approximate surface area is 182 Å². The van der Waals surface area contributed by atoms with E-state index < -0.39 is 5.97 Å². The van der Waals surface area contributed by atoms with Gasteiger partial charge in [0.15, 0.2) is 12.4 Å². The number of carbonyl (C=O) groups is 3. The minimum absolute atomic E-state index is 0.0327. The zero-order chi connectivity index (χ0) is 22.1. The molecule has 5 heteroatoms. The molecule has 0 aliphatic heterocycles. The first-order valence-corrected chi connectivity index (χ1v) is 10.2. The van der Waals surface area contributed by atoms with Crippen LogP contribution in [-0.4, -0.2) is 30.3 Å². The summed E-state index contributed by atoms with van der Waals surface area (Å²) < 4.78 is 5.10. The van der Waals surface area contributed by atoms with Crippen LogP contribution >= 0.6 is 0 Å². The van der Waals surface area contributed by atoms with Crippen molar-refractivity contribution in [2.45, 2.75) is 25.8 Å². The van der Waals surface area contributed by atoms with Gasteiger partial charge in [-0.3, -0.25) is 9.59 Å². The molecular weight excluding hydrogens is 390 g/mol. The Bertz CT molecular complexity index is 1010. The highest BCUT2D eigenvalue weighted by Crippen LogP contribution is 2.12. The van der Waals surface area contributed by atoms with Gasteiger partial charge in [-0.15, -0.1) is 0 Å². The predicted molar refractivity (Wildman–Crippen MR) is 119 cm³/mol. The minimum Gasteiger partial charge on any atom is -0.452 e. The van der Waals surface area contributed by atoms with Gasteiger partial charge in [0.2, 0.25) is 0 Å². The minimum atomic E-state index is -0.606. The number of ether oxygens (including phenoxy) is 1. The second-order valence-corrected chi connectivity index (χ2v) is 7.34. The van der Waals surface area contributed by atoms with Crippen LogP contribution in [0.1, 0.15) is 45.2 Å². The number of esters is 1. The Hall–Kier alpha value is -3.73. The summed E-state index contributed by atoms with van der Waals surface area (Å²) in [6, 6.07) is 25.2. The fraction of sp³-hybridized carbons (Fsp3) is 0.192. The van der Waals surface area contributed by atoms with Crippen molar-refractivity contribution in [2.75, 3.05) is 6.61 Å². The Morgan fingerprint density at radius 3 is 1.97 bits per heavy atom. The lowest BCUT2D eigenvalue weighted by atomic mass is 10.0. The number of hydrogen-bond acceptors (Lipinski definition) is 4. The molecule has 0 fully saturated rings. The summed E-state index contributed by atoms with van der Waals surface area (Å²) in [5.41, 5.74) is 2.56. The molecule has 5 nitrogen and oxygen atoms in total. The molecule has 0 saturated carbocycles. The van der Waals surface area contributed by atoms with E-state index in [-0.39, 0.29) is 29.9 Å². The van der Waals surface area contributed by atoms with Gasteiger partial charge in [-0.1, -0.05) is 72.8 Å². The topological polar surface area (TPSA) is 72.5 Å². The third-order valence-corrected chi connectivity index (χ3v) is 4.87. The van der Waals surface area contributed by atoms with Crippen molar-refractivity contribution in [1.29, 1.82) is 0 Å². The molecule has 0 aliphatic rings. The van der Waals surface area contributed by atoms with Crippen LogP contribution in [0.5, 0.6) is 0 Å². The molecule has 0 unspecified atom stereocenters. The van der Waals surface area contributed by atoms with Gasteiger partial charge in [-0.2, -0.15) is 0 Å². The normalized spacial score (nSPS) is 11.4. The molecule has 1 N–H and O–H groups in total. The smallest absolute Gasteiger partial charge is 0.338 e. The monoisotopic (exact) mass is 415 g/mol. The van der Waals surface area contributed by atoms with Crippen LogP contribution in [0.25, 0.3) is 0 Å². The zero-order valence-corrected chi connectivity index (χ0v) is 17.4. The first-order chi connectivity index (χ1) is 15.0. The van der Waals surface area contributed by atoms with E-state index in [1.165, 1.54) is 17.7 Å². The van der Waals surface area contributed by atoms with Crippen LogP contribution in [0.15, 0.2) is 84.9 Å². The Balaban J connectivity index is 1.44. The van der Waals surface area contributed by atoms with Gasteiger partial charge in [0, 0.05) is 17.2 Å². The molecule has 0 spiro atoms. The molecule has 0 aliphatic carbocycles. The highest BCUT2D eigenvalue weighted by molar-refractivity contribution is 6.09. The lowest BCUT2D eigenvalue weighted by Gasteiger charge is -2.14. The molecule has 31 heavy (non-hydrogen) atoms. The van der Waals surface area contributed by atoms with Crippen LogP contribution in [0.3, 0.4) is 0 Å². The van der Waals surface area contributed by atoms with Crippen molar-refractivity contribution in [3.05, 3.63) is 107 Å². The van der Waals surface area contributed by atoms with Crippen molar-refractivity contribution in [1.82, 2.24) is 5.32 Å². The maximum atomic E-state index is 12.4. The molecule has 1 atom stereocenters. The fourth-order valence-electron chi connectivity index (χ4n) is 3.14. The SMILES string of the molecule is C[C@H](CCc1ccccc1)NC(=O)COC(=O)c1ccc(C(=O)c2ccccc2)cc1. The van der Waals surface area contributed by atoms with Gasteiger partial charge in [0.1, 0.15) is 0 Å². The van der Waals surface area contributed by atoms with Crippen molar-refractivity contribution in [3.63, 3.8) is 0 Å². The predicted octanol–water partition coefficient (Wildman–Crippen LogP) is 4.21. The molecule has 0 bridgehead atoms. The van der Waals surface area contributed by atoms with Crippen molar-refractivity contribution >= 4 is 17.7 Å². The van der Waals surface area contributed by atoms with Crippen LogP contribution in [-0.2, 0) is 16.0 Å². The highest BCUT2D eigenvalue weighted by Gasteiger charge is 2.14. The fourth-order valence-corrected chi connectivity index (χ4v) is 3.14. The molecular formula is C26H25NO4. The molecule has 0 saturated heterocycles. The lowest BCUT2D eigenvalue weighted by Crippen LogP contribution is -2.36. The van der Waals surface area contributed by atoms with E-state index in [1.807, 2.05) is 31.2 Å². The molecule has 1 amide bonds. The quantitative estimate of drug-likeness (QED) is 0.420. The summed E-state index contributed by atoms with van der Waals surface area (Å²) in [6.07, 6.45) is 1.65. The second kappa shape index (κ2) is 10.9. The van der Waals surface area contributed by atoms with Crippen LogP contribution in [0, 0.1) is 0 Å². The molecule has 0 radical (unpaired) electrons. The van der Waals surface area contributed by atoms with E-state index in [0.717, 1.165) is 12.8 Å². The average Bonchev–Trinajstić information content (AvgIpc) is 2.82. The van der Waals surface area contributed by atoms with Crippen LogP contribution in [0.2, 0.25) is 0 Å². The third kappa shape index (κ3) is 6.64. The Morgan fingerprint density at radius 2 is 1.32 bits per heavy atom. The summed E-state index contributed by atoms with van der Waals surface area (Å²) in [6.45, 7) is 1.57. The number of aryl methyl sites for hydroxylation is 1. The summed E-state index contributed by atoms with van der Waals surface area (Å²) >= 11 is 0. The standard InChI is InChI=1S/C26H25NO4/c1-19(12-13-20-8-4-2-5-9-20)27-24(28)18-31-26(30)23-16-14-22(15-17-23)25(29)21-10-6-3-7-11-21/h2-11,14-17,19H,12-13,18H2,1H3,(H,27,28)/t19-/m1/s1. The summed E-state index contributed by atoms with van der Waals surface area (Å²) in [7, 11) is 0. The second-order valence-electron chi connectivity index (χ2n) is 7.34. The van der Waals surface area contributed by atoms with E-state index >= 15 is 0 Å². The van der Waals surface area contributed by atoms with Gasteiger partial charge in [-0.05, 0) is 37.5 Å². The number of ketones is 1. The van der Waals surface area contributed by atoms with Crippen molar-refractivity contribution in [2.24, 2.45) is 0 Å². The van der Waals surface area contributed by atoms with E-state index in [9.17, 15) is 14.4 Å². The zero-order valence-electron chi connectivity index (χ0n) is 17.4. The first kappa shape index (κ1) is 22.0. The summed E-state index contributed by atoms with van der Waals surface area (Å²) in [4.78, 5) is 36.7. The first-order valence-electron chi connectivity index (χ1n) is 10.2. The molecule has 3 rings (SSSR count). The molecule has 0 heterocycles. The largest absolute Gasteiger partial charge is 0.452 e. The number of nitrogens with one attached hydrogen (secondary N) is 1. The Morgan fingerprint density at radius 1 is 0.774 bits per heavy atom. The van der Waals surface area contributed by atoms with Gasteiger partial charge >= 0.3 is 5.97 Å². The average molecular weight is 415 g/mol. The number of carbonyl (C=O) groups excluding carboxylic acids is 3. The van der Waals surface area contributed by atoms with Gasteiger partial charge in [0.25, 0.3) is 5.91 Å². The van der Waals surface area contributed by atoms with Crippen LogP contribution < -0.4 is 5.32 Å². The van der Waals surface area contributed by atoms with Crippen molar-refractivity contribution < 1.29 is 19.1 Å². The molecule has 158 valence electrons. The van der Waals surface area contributed by atoms with E-state index in [4.69, 9.17) is 4.74 Å².